The summed E-state index contributed by atoms with van der Waals surface area (Å²) >= 11 is 3.77. The van der Waals surface area contributed by atoms with Crippen molar-refractivity contribution in [2.45, 2.75) is 32.4 Å². The lowest BCUT2D eigenvalue weighted by molar-refractivity contribution is 0.702. The number of hydrogen-bond donors (Lipinski definition) is 1. The van der Waals surface area contributed by atoms with Crippen LogP contribution in [0.2, 0.25) is 0 Å². The SMILES string of the molecule is c1cc(CNCc2cc3c(s2)CCC3)cs1. The van der Waals surface area contributed by atoms with Gasteiger partial charge in [0.15, 0.2) is 0 Å². The maximum absolute atomic E-state index is 3.51. The molecule has 2 aromatic heterocycles. The standard InChI is InChI=1S/C13H15NS2/c1-2-11-6-12(16-13(11)3-1)8-14-7-10-4-5-15-9-10/h4-6,9,14H,1-3,7-8H2. The molecular weight excluding hydrogens is 234 g/mol. The first-order chi connectivity index (χ1) is 7.92. The van der Waals surface area contributed by atoms with Crippen LogP contribution < -0.4 is 5.32 Å². The molecule has 0 aromatic carbocycles. The molecule has 16 heavy (non-hydrogen) atoms. The minimum absolute atomic E-state index is 0.992. The Morgan fingerprint density at radius 1 is 1.25 bits per heavy atom. The van der Waals surface area contributed by atoms with E-state index in [0.717, 1.165) is 13.1 Å². The van der Waals surface area contributed by atoms with Crippen LogP contribution >= 0.6 is 22.7 Å². The van der Waals surface area contributed by atoms with E-state index in [1.165, 1.54) is 29.7 Å². The third-order valence-corrected chi connectivity index (χ3v) is 4.98. The largest absolute Gasteiger partial charge is 0.308 e. The number of hydrogen-bond acceptors (Lipinski definition) is 3. The van der Waals surface area contributed by atoms with E-state index >= 15 is 0 Å². The molecule has 3 rings (SSSR count). The lowest BCUT2D eigenvalue weighted by Gasteiger charge is -2.00. The van der Waals surface area contributed by atoms with Gasteiger partial charge >= 0.3 is 0 Å². The minimum atomic E-state index is 0.992. The Morgan fingerprint density at radius 2 is 2.25 bits per heavy atom. The minimum Gasteiger partial charge on any atom is -0.308 e. The number of fused-ring (bicyclic) bond motifs is 1. The maximum atomic E-state index is 3.51. The van der Waals surface area contributed by atoms with Gasteiger partial charge in [0.1, 0.15) is 0 Å². The fourth-order valence-electron chi connectivity index (χ4n) is 2.20. The van der Waals surface area contributed by atoms with Gasteiger partial charge in [0, 0.05) is 22.8 Å². The van der Waals surface area contributed by atoms with Gasteiger partial charge in [-0.05, 0) is 53.3 Å². The molecule has 0 radical (unpaired) electrons. The highest BCUT2D eigenvalue weighted by Crippen LogP contribution is 2.30. The summed E-state index contributed by atoms with van der Waals surface area (Å²) < 4.78 is 0. The van der Waals surface area contributed by atoms with Crippen LogP contribution in [0.4, 0.5) is 0 Å². The molecule has 0 amide bonds. The van der Waals surface area contributed by atoms with Gasteiger partial charge in [-0.3, -0.25) is 0 Å². The van der Waals surface area contributed by atoms with Crippen molar-refractivity contribution >= 4 is 22.7 Å². The molecule has 84 valence electrons. The topological polar surface area (TPSA) is 12.0 Å². The van der Waals surface area contributed by atoms with Crippen molar-refractivity contribution in [2.75, 3.05) is 0 Å². The lowest BCUT2D eigenvalue weighted by Crippen LogP contribution is -2.10. The van der Waals surface area contributed by atoms with Gasteiger partial charge in [-0.25, -0.2) is 0 Å². The molecule has 0 bridgehead atoms. The lowest BCUT2D eigenvalue weighted by atomic mass is 10.2. The average molecular weight is 249 g/mol. The second-order valence-corrected chi connectivity index (χ2v) is 6.25. The highest BCUT2D eigenvalue weighted by Gasteiger charge is 2.14. The maximum Gasteiger partial charge on any atom is 0.0303 e. The van der Waals surface area contributed by atoms with Crippen molar-refractivity contribution < 1.29 is 0 Å². The second-order valence-electron chi connectivity index (χ2n) is 4.25. The van der Waals surface area contributed by atoms with Crippen LogP contribution in [0.25, 0.3) is 0 Å². The van der Waals surface area contributed by atoms with Crippen molar-refractivity contribution in [1.82, 2.24) is 5.32 Å². The Morgan fingerprint density at radius 3 is 3.06 bits per heavy atom. The number of aryl methyl sites for hydroxylation is 2. The van der Waals surface area contributed by atoms with Gasteiger partial charge in [0.2, 0.25) is 0 Å². The fraction of sp³-hybridized carbons (Fsp3) is 0.385. The highest BCUT2D eigenvalue weighted by molar-refractivity contribution is 7.12. The van der Waals surface area contributed by atoms with Gasteiger partial charge in [0.25, 0.3) is 0 Å². The van der Waals surface area contributed by atoms with E-state index in [0.29, 0.717) is 0 Å². The summed E-state index contributed by atoms with van der Waals surface area (Å²) in [7, 11) is 0. The van der Waals surface area contributed by atoms with Crippen molar-refractivity contribution in [1.29, 1.82) is 0 Å². The first kappa shape index (κ1) is 10.5. The molecular formula is C13H15NS2. The van der Waals surface area contributed by atoms with E-state index in [2.05, 4.69) is 28.2 Å². The van der Waals surface area contributed by atoms with Crippen LogP contribution in [-0.2, 0) is 25.9 Å². The Kier molecular flexibility index (Phi) is 3.09. The van der Waals surface area contributed by atoms with E-state index in [-0.39, 0.29) is 0 Å². The molecule has 1 nitrogen and oxygen atoms in total. The molecule has 1 aliphatic carbocycles. The molecule has 1 aliphatic rings. The van der Waals surface area contributed by atoms with E-state index in [4.69, 9.17) is 0 Å². The molecule has 0 fully saturated rings. The summed E-state index contributed by atoms with van der Waals surface area (Å²) in [6, 6.07) is 4.58. The van der Waals surface area contributed by atoms with Crippen LogP contribution in [0.5, 0.6) is 0 Å². The molecule has 2 heterocycles. The van der Waals surface area contributed by atoms with Crippen LogP contribution in [0.15, 0.2) is 22.9 Å². The predicted octanol–water partition coefficient (Wildman–Crippen LogP) is 3.59. The van der Waals surface area contributed by atoms with Crippen molar-refractivity contribution in [2.24, 2.45) is 0 Å². The van der Waals surface area contributed by atoms with Gasteiger partial charge in [0.05, 0.1) is 0 Å². The molecule has 0 unspecified atom stereocenters. The van der Waals surface area contributed by atoms with E-state index in [9.17, 15) is 0 Å². The van der Waals surface area contributed by atoms with Gasteiger partial charge in [-0.1, -0.05) is 0 Å². The molecule has 2 aromatic rings. The molecule has 0 saturated carbocycles. The summed E-state index contributed by atoms with van der Waals surface area (Å²) in [6.07, 6.45) is 3.98. The van der Waals surface area contributed by atoms with Crippen molar-refractivity contribution in [3.8, 4) is 0 Å². The Bertz CT molecular complexity index is 435. The Labute approximate surface area is 104 Å². The first-order valence-corrected chi connectivity index (χ1v) is 7.50. The monoisotopic (exact) mass is 249 g/mol. The van der Waals surface area contributed by atoms with E-state index in [1.807, 2.05) is 11.3 Å². The second kappa shape index (κ2) is 4.70. The Hall–Kier alpha value is -0.640. The highest BCUT2D eigenvalue weighted by atomic mass is 32.1. The summed E-state index contributed by atoms with van der Waals surface area (Å²) in [5.74, 6) is 0. The smallest absolute Gasteiger partial charge is 0.0303 e. The van der Waals surface area contributed by atoms with Crippen LogP contribution in [-0.4, -0.2) is 0 Å². The third kappa shape index (κ3) is 2.21. The molecule has 0 aliphatic heterocycles. The Balaban J connectivity index is 1.54. The van der Waals surface area contributed by atoms with Crippen LogP contribution in [0.1, 0.15) is 27.3 Å². The zero-order valence-corrected chi connectivity index (χ0v) is 10.8. The summed E-state index contributed by atoms with van der Waals surface area (Å²) in [6.45, 7) is 2.01. The summed E-state index contributed by atoms with van der Waals surface area (Å²) in [5, 5.41) is 7.86. The zero-order chi connectivity index (χ0) is 10.8. The zero-order valence-electron chi connectivity index (χ0n) is 9.16. The van der Waals surface area contributed by atoms with E-state index in [1.54, 1.807) is 21.8 Å². The quantitative estimate of drug-likeness (QED) is 0.873. The van der Waals surface area contributed by atoms with E-state index < -0.39 is 0 Å². The number of thiophene rings is 2. The summed E-state index contributed by atoms with van der Waals surface area (Å²) in [5.41, 5.74) is 3.01. The fourth-order valence-corrected chi connectivity index (χ4v) is 4.10. The molecule has 0 saturated heterocycles. The van der Waals surface area contributed by atoms with Gasteiger partial charge < -0.3 is 5.32 Å². The van der Waals surface area contributed by atoms with Gasteiger partial charge in [-0.2, -0.15) is 11.3 Å². The predicted molar refractivity (Wildman–Crippen MR) is 71.2 cm³/mol. The summed E-state index contributed by atoms with van der Waals surface area (Å²) in [4.78, 5) is 3.13. The first-order valence-electron chi connectivity index (χ1n) is 5.74. The molecule has 1 N–H and O–H groups in total. The van der Waals surface area contributed by atoms with Gasteiger partial charge in [-0.15, -0.1) is 11.3 Å². The van der Waals surface area contributed by atoms with Crippen molar-refractivity contribution in [3.63, 3.8) is 0 Å². The molecule has 0 spiro atoms. The van der Waals surface area contributed by atoms with Crippen LogP contribution in [0, 0.1) is 0 Å². The average Bonchev–Trinajstić information content (AvgIpc) is 2.91. The molecule has 0 atom stereocenters. The number of nitrogens with one attached hydrogen (secondary N) is 1. The third-order valence-electron chi connectivity index (χ3n) is 3.01. The molecule has 3 heteroatoms. The van der Waals surface area contributed by atoms with Crippen LogP contribution in [0.3, 0.4) is 0 Å². The number of rotatable bonds is 4. The van der Waals surface area contributed by atoms with Crippen molar-refractivity contribution in [3.05, 3.63) is 43.8 Å². The normalized spacial score (nSPS) is 14.2.